The fourth-order valence-corrected chi connectivity index (χ4v) is 1.34. The van der Waals surface area contributed by atoms with Gasteiger partial charge in [-0.1, -0.05) is 13.8 Å². The van der Waals surface area contributed by atoms with E-state index in [0.29, 0.717) is 12.4 Å². The van der Waals surface area contributed by atoms with E-state index in [1.165, 1.54) is 0 Å². The van der Waals surface area contributed by atoms with Gasteiger partial charge in [-0.2, -0.15) is 4.98 Å². The van der Waals surface area contributed by atoms with Crippen LogP contribution in [0.15, 0.2) is 12.4 Å². The molecule has 0 fully saturated rings. The van der Waals surface area contributed by atoms with Crippen molar-refractivity contribution in [2.45, 2.75) is 20.3 Å². The van der Waals surface area contributed by atoms with E-state index in [0.717, 1.165) is 18.8 Å². The molecule has 0 radical (unpaired) electrons. The Hall–Kier alpha value is -1.36. The van der Waals surface area contributed by atoms with Gasteiger partial charge in [0.25, 0.3) is 0 Å². The minimum atomic E-state index is 0.152. The molecule has 0 atom stereocenters. The predicted octanol–water partition coefficient (Wildman–Crippen LogP) is 1.27. The van der Waals surface area contributed by atoms with Crippen LogP contribution in [0.5, 0.6) is 5.88 Å². The Bertz CT molecular complexity index is 328. The lowest BCUT2D eigenvalue weighted by Gasteiger charge is -2.24. The van der Waals surface area contributed by atoms with Crippen LogP contribution in [0, 0.1) is 5.41 Å². The molecule has 1 heterocycles. The molecule has 16 heavy (non-hydrogen) atoms. The van der Waals surface area contributed by atoms with E-state index in [2.05, 4.69) is 29.1 Å². The lowest BCUT2D eigenvalue weighted by Crippen LogP contribution is -2.26. The Morgan fingerprint density at radius 3 is 2.81 bits per heavy atom. The van der Waals surface area contributed by atoms with Crippen LogP contribution >= 0.6 is 0 Å². The Morgan fingerprint density at radius 1 is 1.44 bits per heavy atom. The molecule has 0 spiro atoms. The van der Waals surface area contributed by atoms with Gasteiger partial charge < -0.3 is 15.8 Å². The molecule has 0 amide bonds. The first kappa shape index (κ1) is 12.7. The van der Waals surface area contributed by atoms with Crippen molar-refractivity contribution in [1.29, 1.82) is 0 Å². The van der Waals surface area contributed by atoms with Gasteiger partial charge in [0, 0.05) is 6.54 Å². The molecule has 90 valence electrons. The average molecular weight is 224 g/mol. The first-order chi connectivity index (χ1) is 7.57. The van der Waals surface area contributed by atoms with Gasteiger partial charge in [0.15, 0.2) is 0 Å². The van der Waals surface area contributed by atoms with Crippen molar-refractivity contribution in [3.05, 3.63) is 12.4 Å². The molecular weight excluding hydrogens is 204 g/mol. The number of nitrogens with two attached hydrogens (primary N) is 1. The summed E-state index contributed by atoms with van der Waals surface area (Å²) in [6, 6.07) is 0. The zero-order valence-corrected chi connectivity index (χ0v) is 10.2. The Labute approximate surface area is 96.4 Å². The van der Waals surface area contributed by atoms with Crippen molar-refractivity contribution in [2.24, 2.45) is 11.1 Å². The minimum Gasteiger partial charge on any atom is -0.480 e. The molecule has 0 aliphatic heterocycles. The van der Waals surface area contributed by atoms with Gasteiger partial charge >= 0.3 is 0 Å². The van der Waals surface area contributed by atoms with Crippen LogP contribution in [0.1, 0.15) is 20.3 Å². The third kappa shape index (κ3) is 4.02. The van der Waals surface area contributed by atoms with E-state index in [4.69, 9.17) is 10.5 Å². The number of ether oxygens (including phenoxy) is 1. The van der Waals surface area contributed by atoms with Crippen molar-refractivity contribution in [3.63, 3.8) is 0 Å². The summed E-state index contributed by atoms with van der Waals surface area (Å²) in [5, 5.41) is 3.24. The van der Waals surface area contributed by atoms with Crippen molar-refractivity contribution >= 4 is 5.82 Å². The number of hydrogen-bond donors (Lipinski definition) is 2. The lowest BCUT2D eigenvalue weighted by molar-refractivity contribution is 0.364. The summed E-state index contributed by atoms with van der Waals surface area (Å²) < 4.78 is 5.00. The van der Waals surface area contributed by atoms with Gasteiger partial charge in [-0.05, 0) is 18.4 Å². The lowest BCUT2D eigenvalue weighted by atomic mass is 9.89. The van der Waals surface area contributed by atoms with Gasteiger partial charge in [0.1, 0.15) is 5.82 Å². The van der Waals surface area contributed by atoms with Crippen LogP contribution in [-0.4, -0.2) is 30.2 Å². The summed E-state index contributed by atoms with van der Waals surface area (Å²) in [6.07, 6.45) is 4.23. The summed E-state index contributed by atoms with van der Waals surface area (Å²) >= 11 is 0. The maximum Gasteiger partial charge on any atom is 0.233 e. The van der Waals surface area contributed by atoms with E-state index in [9.17, 15) is 0 Å². The van der Waals surface area contributed by atoms with Gasteiger partial charge in [-0.3, -0.25) is 4.98 Å². The van der Waals surface area contributed by atoms with Crippen molar-refractivity contribution < 1.29 is 4.74 Å². The topological polar surface area (TPSA) is 73.1 Å². The number of methoxy groups -OCH3 is 1. The highest BCUT2D eigenvalue weighted by Crippen LogP contribution is 2.20. The van der Waals surface area contributed by atoms with Crippen LogP contribution in [0.2, 0.25) is 0 Å². The van der Waals surface area contributed by atoms with Crippen LogP contribution in [0.25, 0.3) is 0 Å². The zero-order chi connectivity index (χ0) is 12.0. The van der Waals surface area contributed by atoms with E-state index < -0.39 is 0 Å². The molecule has 0 unspecified atom stereocenters. The predicted molar refractivity (Wildman–Crippen MR) is 64.5 cm³/mol. The Kier molecular flexibility index (Phi) is 4.49. The first-order valence-electron chi connectivity index (χ1n) is 5.37. The van der Waals surface area contributed by atoms with E-state index in [1.807, 2.05) is 0 Å². The highest BCUT2D eigenvalue weighted by Gasteiger charge is 2.16. The third-order valence-electron chi connectivity index (χ3n) is 2.39. The van der Waals surface area contributed by atoms with Crippen LogP contribution < -0.4 is 15.8 Å². The van der Waals surface area contributed by atoms with E-state index in [-0.39, 0.29) is 5.41 Å². The molecule has 1 aromatic rings. The maximum atomic E-state index is 5.55. The summed E-state index contributed by atoms with van der Waals surface area (Å²) in [4.78, 5) is 8.25. The number of nitrogens with one attached hydrogen (secondary N) is 1. The number of hydrogen-bond acceptors (Lipinski definition) is 5. The summed E-state index contributed by atoms with van der Waals surface area (Å²) in [6.45, 7) is 5.84. The third-order valence-corrected chi connectivity index (χ3v) is 2.39. The molecule has 0 aliphatic carbocycles. The fraction of sp³-hybridized carbons (Fsp3) is 0.636. The summed E-state index contributed by atoms with van der Waals surface area (Å²) in [5.74, 6) is 1.24. The molecule has 0 bridgehead atoms. The largest absolute Gasteiger partial charge is 0.480 e. The van der Waals surface area contributed by atoms with Crippen LogP contribution in [-0.2, 0) is 0 Å². The smallest absolute Gasteiger partial charge is 0.233 e. The fourth-order valence-electron chi connectivity index (χ4n) is 1.34. The second-order valence-electron chi connectivity index (χ2n) is 4.50. The molecule has 1 aromatic heterocycles. The molecule has 0 aliphatic rings. The number of nitrogens with zero attached hydrogens (tertiary/aromatic N) is 2. The SMILES string of the molecule is COc1cncc(NCC(C)(C)CCN)n1. The number of anilines is 1. The van der Waals surface area contributed by atoms with Gasteiger partial charge in [-0.15, -0.1) is 0 Å². The van der Waals surface area contributed by atoms with E-state index in [1.54, 1.807) is 19.5 Å². The van der Waals surface area contributed by atoms with Gasteiger partial charge in [0.05, 0.1) is 19.5 Å². The molecular formula is C11H20N4O. The number of rotatable bonds is 6. The molecule has 1 rings (SSSR count). The Morgan fingerprint density at radius 2 is 2.19 bits per heavy atom. The summed E-state index contributed by atoms with van der Waals surface area (Å²) in [7, 11) is 1.58. The van der Waals surface area contributed by atoms with Crippen LogP contribution in [0.4, 0.5) is 5.82 Å². The molecule has 0 aromatic carbocycles. The molecule has 3 N–H and O–H groups in total. The molecule has 5 heteroatoms. The monoisotopic (exact) mass is 224 g/mol. The second-order valence-corrected chi connectivity index (χ2v) is 4.50. The van der Waals surface area contributed by atoms with Gasteiger partial charge in [0.2, 0.25) is 5.88 Å². The standard InChI is InChI=1S/C11H20N4O/c1-11(2,4-5-12)8-14-9-6-13-7-10(15-9)16-3/h6-7H,4-5,8,12H2,1-3H3,(H,14,15). The summed E-state index contributed by atoms with van der Waals surface area (Å²) in [5.41, 5.74) is 5.71. The van der Waals surface area contributed by atoms with Crippen LogP contribution in [0.3, 0.4) is 0 Å². The maximum absolute atomic E-state index is 5.55. The zero-order valence-electron chi connectivity index (χ0n) is 10.2. The minimum absolute atomic E-state index is 0.152. The normalized spacial score (nSPS) is 11.2. The molecule has 0 saturated carbocycles. The van der Waals surface area contributed by atoms with Crippen molar-refractivity contribution in [1.82, 2.24) is 9.97 Å². The van der Waals surface area contributed by atoms with Crippen molar-refractivity contribution in [2.75, 3.05) is 25.5 Å². The highest BCUT2D eigenvalue weighted by atomic mass is 16.5. The number of aromatic nitrogens is 2. The molecule has 5 nitrogen and oxygen atoms in total. The quantitative estimate of drug-likeness (QED) is 0.761. The van der Waals surface area contributed by atoms with Crippen molar-refractivity contribution in [3.8, 4) is 5.88 Å². The molecule has 0 saturated heterocycles. The average Bonchev–Trinajstić information content (AvgIpc) is 2.27. The van der Waals surface area contributed by atoms with E-state index >= 15 is 0 Å². The second kappa shape index (κ2) is 5.65. The van der Waals surface area contributed by atoms with Gasteiger partial charge in [-0.25, -0.2) is 0 Å². The first-order valence-corrected chi connectivity index (χ1v) is 5.37. The Balaban J connectivity index is 2.53. The highest BCUT2D eigenvalue weighted by molar-refractivity contribution is 5.33.